The number of hydrogen-bond acceptors (Lipinski definition) is 6. The van der Waals surface area contributed by atoms with E-state index in [9.17, 15) is 4.79 Å². The molecule has 0 radical (unpaired) electrons. The van der Waals surface area contributed by atoms with Crippen LogP contribution >= 0.6 is 0 Å². The van der Waals surface area contributed by atoms with Gasteiger partial charge in [0.25, 0.3) is 0 Å². The molecule has 0 saturated heterocycles. The number of carbonyl (C=O) groups excluding carboxylic acids is 1. The third-order valence-corrected chi connectivity index (χ3v) is 2.34. The Morgan fingerprint density at radius 1 is 1.25 bits per heavy atom. The molecule has 7 nitrogen and oxygen atoms in total. The van der Waals surface area contributed by atoms with Crippen LogP contribution < -0.4 is 10.6 Å². The normalized spacial score (nSPS) is 9.40. The van der Waals surface area contributed by atoms with Gasteiger partial charge in [0.2, 0.25) is 0 Å². The van der Waals surface area contributed by atoms with Gasteiger partial charge in [0.15, 0.2) is 11.6 Å². The van der Waals surface area contributed by atoms with Crippen LogP contribution in [0.25, 0.3) is 0 Å². The molecule has 0 spiro atoms. The monoisotopic (exact) mass is 269 g/mol. The van der Waals surface area contributed by atoms with Gasteiger partial charge >= 0.3 is 6.09 Å². The number of nitrogens with zero attached hydrogens (tertiary/aromatic N) is 3. The number of aromatic nitrogens is 2. The zero-order valence-corrected chi connectivity index (χ0v) is 10.6. The number of hydrogen-bond donors (Lipinski definition) is 2. The Balaban J connectivity index is 2.07. The van der Waals surface area contributed by atoms with Gasteiger partial charge in [-0.2, -0.15) is 5.26 Å². The number of carbonyl (C=O) groups is 1. The number of benzene rings is 1. The lowest BCUT2D eigenvalue weighted by atomic mass is 10.2. The van der Waals surface area contributed by atoms with Gasteiger partial charge in [-0.15, -0.1) is 10.2 Å². The first-order valence-electron chi connectivity index (χ1n) is 5.67. The van der Waals surface area contributed by atoms with Crippen LogP contribution in [0, 0.1) is 11.3 Å². The molecule has 2 N–H and O–H groups in total. The molecular formula is C13H11N5O2. The molecule has 1 heterocycles. The summed E-state index contributed by atoms with van der Waals surface area (Å²) in [7, 11) is 1.26. The molecule has 1 amide bonds. The Kier molecular flexibility index (Phi) is 4.09. The highest BCUT2D eigenvalue weighted by atomic mass is 16.5. The molecular weight excluding hydrogens is 258 g/mol. The van der Waals surface area contributed by atoms with Crippen molar-refractivity contribution in [3.63, 3.8) is 0 Å². The molecule has 2 aromatic rings. The van der Waals surface area contributed by atoms with Gasteiger partial charge in [-0.1, -0.05) is 6.07 Å². The SMILES string of the molecule is COC(=O)Nc1ccc(Nc2cccc(C#N)c2)nn1. The minimum atomic E-state index is -0.610. The van der Waals surface area contributed by atoms with Crippen molar-refractivity contribution in [1.82, 2.24) is 10.2 Å². The van der Waals surface area contributed by atoms with Gasteiger partial charge in [0.1, 0.15) is 0 Å². The number of amides is 1. The van der Waals surface area contributed by atoms with Gasteiger partial charge in [-0.25, -0.2) is 4.79 Å². The van der Waals surface area contributed by atoms with Crippen molar-refractivity contribution in [2.75, 3.05) is 17.7 Å². The molecule has 1 aromatic heterocycles. The summed E-state index contributed by atoms with van der Waals surface area (Å²) in [4.78, 5) is 11.0. The molecule has 0 saturated carbocycles. The van der Waals surface area contributed by atoms with Crippen molar-refractivity contribution >= 4 is 23.4 Å². The number of methoxy groups -OCH3 is 1. The fourth-order valence-corrected chi connectivity index (χ4v) is 1.44. The maximum absolute atomic E-state index is 11.0. The maximum atomic E-state index is 11.0. The Bertz CT molecular complexity index is 649. The number of nitriles is 1. The first kappa shape index (κ1) is 13.3. The van der Waals surface area contributed by atoms with Crippen molar-refractivity contribution in [2.24, 2.45) is 0 Å². The lowest BCUT2D eigenvalue weighted by molar-refractivity contribution is 0.187. The first-order valence-corrected chi connectivity index (χ1v) is 5.67. The lowest BCUT2D eigenvalue weighted by Crippen LogP contribution is -2.12. The van der Waals surface area contributed by atoms with Gasteiger partial charge in [-0.3, -0.25) is 5.32 Å². The third kappa shape index (κ3) is 3.43. The van der Waals surface area contributed by atoms with Crippen LogP contribution in [0.5, 0.6) is 0 Å². The quantitative estimate of drug-likeness (QED) is 0.886. The highest BCUT2D eigenvalue weighted by molar-refractivity contribution is 5.83. The summed E-state index contributed by atoms with van der Waals surface area (Å²) in [5.74, 6) is 0.781. The Morgan fingerprint density at radius 3 is 2.65 bits per heavy atom. The van der Waals surface area contributed by atoms with E-state index >= 15 is 0 Å². The second-order valence-electron chi connectivity index (χ2n) is 3.74. The number of ether oxygens (including phenoxy) is 1. The van der Waals surface area contributed by atoms with Crippen LogP contribution in [0.4, 0.5) is 22.1 Å². The van der Waals surface area contributed by atoms with Gasteiger partial charge in [-0.05, 0) is 30.3 Å². The van der Waals surface area contributed by atoms with Crippen molar-refractivity contribution in [1.29, 1.82) is 5.26 Å². The smallest absolute Gasteiger partial charge is 0.412 e. The Labute approximate surface area is 115 Å². The van der Waals surface area contributed by atoms with Gasteiger partial charge < -0.3 is 10.1 Å². The zero-order valence-electron chi connectivity index (χ0n) is 10.6. The Hall–Kier alpha value is -3.14. The van der Waals surface area contributed by atoms with E-state index in [0.29, 0.717) is 11.4 Å². The van der Waals surface area contributed by atoms with Crippen molar-refractivity contribution in [3.05, 3.63) is 42.0 Å². The summed E-state index contributed by atoms with van der Waals surface area (Å²) < 4.78 is 4.44. The molecule has 100 valence electrons. The van der Waals surface area contributed by atoms with E-state index in [1.807, 2.05) is 6.07 Å². The lowest BCUT2D eigenvalue weighted by Gasteiger charge is -2.06. The van der Waals surface area contributed by atoms with Crippen LogP contribution in [0.2, 0.25) is 0 Å². The molecule has 0 unspecified atom stereocenters. The minimum Gasteiger partial charge on any atom is -0.453 e. The van der Waals surface area contributed by atoms with E-state index in [2.05, 4.69) is 31.6 Å². The fourth-order valence-electron chi connectivity index (χ4n) is 1.44. The minimum absolute atomic E-state index is 0.285. The average Bonchev–Trinajstić information content (AvgIpc) is 2.49. The van der Waals surface area contributed by atoms with E-state index in [1.165, 1.54) is 7.11 Å². The summed E-state index contributed by atoms with van der Waals surface area (Å²) in [5, 5.41) is 21.9. The molecule has 0 fully saturated rings. The molecule has 1 aromatic carbocycles. The highest BCUT2D eigenvalue weighted by Crippen LogP contribution is 2.16. The first-order chi connectivity index (χ1) is 9.71. The van der Waals surface area contributed by atoms with Crippen LogP contribution in [0.1, 0.15) is 5.56 Å². The van der Waals surface area contributed by atoms with E-state index in [4.69, 9.17) is 5.26 Å². The van der Waals surface area contributed by atoms with Gasteiger partial charge in [0, 0.05) is 5.69 Å². The summed E-state index contributed by atoms with van der Waals surface area (Å²) in [6.45, 7) is 0. The summed E-state index contributed by atoms with van der Waals surface area (Å²) in [5.41, 5.74) is 1.28. The molecule has 7 heteroatoms. The summed E-state index contributed by atoms with van der Waals surface area (Å²) >= 11 is 0. The van der Waals surface area contributed by atoms with Crippen molar-refractivity contribution in [3.8, 4) is 6.07 Å². The molecule has 0 aliphatic rings. The largest absolute Gasteiger partial charge is 0.453 e. The average molecular weight is 269 g/mol. The number of rotatable bonds is 3. The van der Waals surface area contributed by atoms with E-state index in [0.717, 1.165) is 5.69 Å². The van der Waals surface area contributed by atoms with Crippen LogP contribution in [0.15, 0.2) is 36.4 Å². The molecule has 0 aliphatic heterocycles. The third-order valence-electron chi connectivity index (χ3n) is 2.34. The van der Waals surface area contributed by atoms with E-state index in [1.54, 1.807) is 30.3 Å². The second-order valence-corrected chi connectivity index (χ2v) is 3.74. The predicted molar refractivity (Wildman–Crippen MR) is 72.5 cm³/mol. The summed E-state index contributed by atoms with van der Waals surface area (Å²) in [6, 6.07) is 12.3. The number of nitrogens with one attached hydrogen (secondary N) is 2. The van der Waals surface area contributed by atoms with Crippen molar-refractivity contribution < 1.29 is 9.53 Å². The van der Waals surface area contributed by atoms with Crippen LogP contribution in [-0.4, -0.2) is 23.4 Å². The van der Waals surface area contributed by atoms with Crippen LogP contribution in [0.3, 0.4) is 0 Å². The summed E-state index contributed by atoms with van der Waals surface area (Å²) in [6.07, 6.45) is -0.610. The highest BCUT2D eigenvalue weighted by Gasteiger charge is 2.03. The molecule has 2 rings (SSSR count). The van der Waals surface area contributed by atoms with E-state index in [-0.39, 0.29) is 5.82 Å². The maximum Gasteiger partial charge on any atom is 0.412 e. The second kappa shape index (κ2) is 6.15. The van der Waals surface area contributed by atoms with Crippen LogP contribution in [-0.2, 0) is 4.74 Å². The molecule has 0 aliphatic carbocycles. The Morgan fingerprint density at radius 2 is 2.00 bits per heavy atom. The predicted octanol–water partition coefficient (Wildman–Crippen LogP) is 2.27. The zero-order chi connectivity index (χ0) is 14.4. The fraction of sp³-hybridized carbons (Fsp3) is 0.0769. The topological polar surface area (TPSA) is 99.9 Å². The molecule has 20 heavy (non-hydrogen) atoms. The molecule has 0 atom stereocenters. The van der Waals surface area contributed by atoms with E-state index < -0.39 is 6.09 Å². The number of anilines is 3. The standard InChI is InChI=1S/C13H11N5O2/c1-20-13(19)16-12-6-5-11(17-18-12)15-10-4-2-3-9(7-10)8-14/h2-7H,1H3,(H,15,17)(H,16,18,19). The van der Waals surface area contributed by atoms with Crippen molar-refractivity contribution in [2.45, 2.75) is 0 Å². The van der Waals surface area contributed by atoms with Gasteiger partial charge in [0.05, 0.1) is 18.7 Å². The molecule has 0 bridgehead atoms.